The summed E-state index contributed by atoms with van der Waals surface area (Å²) < 4.78 is 7.31. The third-order valence-corrected chi connectivity index (χ3v) is 6.52. The molecule has 9 heteroatoms. The van der Waals surface area contributed by atoms with Crippen molar-refractivity contribution in [1.82, 2.24) is 25.3 Å². The van der Waals surface area contributed by atoms with Gasteiger partial charge in [-0.2, -0.15) is 5.10 Å². The molecule has 1 aromatic carbocycles. The van der Waals surface area contributed by atoms with Crippen molar-refractivity contribution >= 4 is 17.7 Å². The highest BCUT2D eigenvalue weighted by Gasteiger charge is 2.41. The fourth-order valence-electron chi connectivity index (χ4n) is 4.47. The maximum Gasteiger partial charge on any atom is 0.258 e. The van der Waals surface area contributed by atoms with Gasteiger partial charge in [0, 0.05) is 39.4 Å². The van der Waals surface area contributed by atoms with Crippen molar-refractivity contribution in [3.8, 4) is 5.75 Å². The number of benzene rings is 1. The third kappa shape index (κ3) is 5.47. The van der Waals surface area contributed by atoms with Crippen molar-refractivity contribution in [3.63, 3.8) is 0 Å². The molecule has 0 atom stereocenters. The van der Waals surface area contributed by atoms with Crippen molar-refractivity contribution in [3.05, 3.63) is 59.9 Å². The zero-order valence-electron chi connectivity index (χ0n) is 19.5. The molecule has 34 heavy (non-hydrogen) atoms. The lowest BCUT2D eigenvalue weighted by Gasteiger charge is -2.40. The Hall–Kier alpha value is -3.62. The maximum absolute atomic E-state index is 13.3. The zero-order valence-corrected chi connectivity index (χ0v) is 19.5. The quantitative estimate of drug-likeness (QED) is 0.621. The normalized spacial score (nSPS) is 20.2. The van der Waals surface area contributed by atoms with Crippen LogP contribution in [0.4, 0.5) is 0 Å². The second-order valence-corrected chi connectivity index (χ2v) is 8.86. The van der Waals surface area contributed by atoms with E-state index in [9.17, 15) is 14.4 Å². The Balaban J connectivity index is 1.48. The monoisotopic (exact) mass is 465 g/mol. The number of nitrogens with one attached hydrogen (secondary N) is 2. The molecule has 0 bridgehead atoms. The van der Waals surface area contributed by atoms with Gasteiger partial charge in [0.05, 0.1) is 17.2 Å². The predicted molar refractivity (Wildman–Crippen MR) is 126 cm³/mol. The maximum atomic E-state index is 13.3. The number of carbonyl (C=O) groups excluding carboxylic acids is 3. The Morgan fingerprint density at radius 2 is 1.85 bits per heavy atom. The molecule has 0 unspecified atom stereocenters. The molecule has 2 aliphatic rings. The summed E-state index contributed by atoms with van der Waals surface area (Å²) in [6, 6.07) is 7.65. The van der Waals surface area contributed by atoms with E-state index in [1.807, 2.05) is 30.3 Å². The number of piperidine rings is 1. The molecule has 9 nitrogen and oxygen atoms in total. The Labute approximate surface area is 199 Å². The summed E-state index contributed by atoms with van der Waals surface area (Å²) in [6.07, 6.45) is 9.75. The van der Waals surface area contributed by atoms with Crippen molar-refractivity contribution in [2.75, 3.05) is 32.8 Å². The first-order valence-corrected chi connectivity index (χ1v) is 11.7. The highest BCUT2D eigenvalue weighted by atomic mass is 16.5. The van der Waals surface area contributed by atoms with Gasteiger partial charge in [0.15, 0.2) is 6.61 Å². The van der Waals surface area contributed by atoms with Crippen LogP contribution in [0.5, 0.6) is 5.75 Å². The van der Waals surface area contributed by atoms with E-state index >= 15 is 0 Å². The third-order valence-electron chi connectivity index (χ3n) is 6.52. The minimum absolute atomic E-state index is 0.0357. The first-order valence-electron chi connectivity index (χ1n) is 11.7. The molecular weight excluding hydrogens is 434 g/mol. The number of amides is 3. The summed E-state index contributed by atoms with van der Waals surface area (Å²) in [6.45, 7) is 1.60. The highest BCUT2D eigenvalue weighted by molar-refractivity contribution is 5.94. The van der Waals surface area contributed by atoms with Gasteiger partial charge < -0.3 is 20.3 Å². The fourth-order valence-corrected chi connectivity index (χ4v) is 4.47. The lowest BCUT2D eigenvalue weighted by atomic mass is 9.74. The van der Waals surface area contributed by atoms with Gasteiger partial charge in [-0.1, -0.05) is 30.4 Å². The molecule has 2 N–H and O–H groups in total. The molecule has 2 aliphatic heterocycles. The lowest BCUT2D eigenvalue weighted by Crippen LogP contribution is -2.51. The molecule has 0 saturated carbocycles. The molecule has 1 spiro atoms. The van der Waals surface area contributed by atoms with Gasteiger partial charge in [-0.25, -0.2) is 0 Å². The van der Waals surface area contributed by atoms with Crippen LogP contribution < -0.4 is 15.4 Å². The van der Waals surface area contributed by atoms with E-state index in [1.165, 1.54) is 0 Å². The Morgan fingerprint density at radius 3 is 2.62 bits per heavy atom. The molecule has 4 rings (SSSR count). The van der Waals surface area contributed by atoms with Crippen molar-refractivity contribution < 1.29 is 19.1 Å². The number of hydrogen-bond donors (Lipinski definition) is 2. The number of aromatic nitrogens is 2. The van der Waals surface area contributed by atoms with Crippen LogP contribution in [0.25, 0.3) is 0 Å². The summed E-state index contributed by atoms with van der Waals surface area (Å²) in [4.78, 5) is 40.0. The number of hydrogen-bond acceptors (Lipinski definition) is 5. The van der Waals surface area contributed by atoms with Crippen LogP contribution >= 0.6 is 0 Å². The van der Waals surface area contributed by atoms with Crippen LogP contribution in [0, 0.1) is 5.41 Å². The number of rotatable bonds is 1. The number of carbonyl (C=O) groups is 3. The first kappa shape index (κ1) is 23.5. The minimum atomic E-state index is -0.595. The largest absolute Gasteiger partial charge is 0.483 e. The van der Waals surface area contributed by atoms with Gasteiger partial charge in [0.25, 0.3) is 11.8 Å². The molecule has 2 aromatic rings. The topological polar surface area (TPSA) is 106 Å². The smallest absolute Gasteiger partial charge is 0.258 e. The van der Waals surface area contributed by atoms with E-state index in [1.54, 1.807) is 29.0 Å². The number of allylic oxidation sites excluding steroid dienone is 2. The van der Waals surface area contributed by atoms with Crippen LogP contribution in [0.3, 0.4) is 0 Å². The zero-order chi connectivity index (χ0) is 24.0. The predicted octanol–water partition coefficient (Wildman–Crippen LogP) is 1.46. The molecular formula is C25H31N5O4. The Morgan fingerprint density at radius 1 is 1.09 bits per heavy atom. The summed E-state index contributed by atoms with van der Waals surface area (Å²) >= 11 is 0. The lowest BCUT2D eigenvalue weighted by molar-refractivity contribution is -0.133. The van der Waals surface area contributed by atoms with Gasteiger partial charge in [0.2, 0.25) is 5.91 Å². The van der Waals surface area contributed by atoms with Crippen LogP contribution in [-0.4, -0.2) is 65.2 Å². The summed E-state index contributed by atoms with van der Waals surface area (Å²) in [5.41, 5.74) is 0.945. The van der Waals surface area contributed by atoms with E-state index in [0.29, 0.717) is 63.2 Å². The van der Waals surface area contributed by atoms with Gasteiger partial charge in [-0.05, 0) is 37.3 Å². The van der Waals surface area contributed by atoms with E-state index in [-0.39, 0.29) is 24.3 Å². The van der Waals surface area contributed by atoms with Gasteiger partial charge in [0.1, 0.15) is 5.75 Å². The summed E-state index contributed by atoms with van der Waals surface area (Å²) in [7, 11) is 1.78. The molecule has 0 aliphatic carbocycles. The number of aryl methyl sites for hydroxylation is 1. The number of likely N-dealkylation sites (tertiary alicyclic amines) is 1. The Kier molecular flexibility index (Phi) is 7.30. The number of nitrogens with zero attached hydrogens (tertiary/aromatic N) is 3. The van der Waals surface area contributed by atoms with Crippen LogP contribution in [0.15, 0.2) is 48.8 Å². The summed E-state index contributed by atoms with van der Waals surface area (Å²) in [5, 5.41) is 9.85. The van der Waals surface area contributed by atoms with Crippen molar-refractivity contribution in [2.45, 2.75) is 25.7 Å². The van der Waals surface area contributed by atoms with Crippen LogP contribution in [0.2, 0.25) is 0 Å². The number of para-hydroxylation sites is 1. The van der Waals surface area contributed by atoms with E-state index < -0.39 is 5.41 Å². The molecule has 1 saturated heterocycles. The summed E-state index contributed by atoms with van der Waals surface area (Å²) in [5.74, 6) is 0.358. The minimum Gasteiger partial charge on any atom is -0.483 e. The first-order chi connectivity index (χ1) is 16.5. The van der Waals surface area contributed by atoms with Crippen molar-refractivity contribution in [1.29, 1.82) is 0 Å². The van der Waals surface area contributed by atoms with E-state index in [0.717, 1.165) is 5.56 Å². The van der Waals surface area contributed by atoms with Crippen molar-refractivity contribution in [2.24, 2.45) is 12.5 Å². The second kappa shape index (κ2) is 10.5. The standard InChI is InChI=1S/C25H31N5O4/c1-29-17-20(16-28-29)23(32)30-14-10-25(11-15-30)9-5-4-7-19-6-2-3-8-21(19)34-18-22(31)26-12-13-27-24(25)33/h2-6,8,16-17H,7,9-15,18H2,1H3,(H,26,31)(H,27,33)/b5-4+. The Bertz CT molecular complexity index is 1070. The highest BCUT2D eigenvalue weighted by Crippen LogP contribution is 2.36. The fraction of sp³-hybridized carbons (Fsp3) is 0.440. The average Bonchev–Trinajstić information content (AvgIpc) is 3.29. The van der Waals surface area contributed by atoms with Gasteiger partial charge in [-0.3, -0.25) is 19.1 Å². The van der Waals surface area contributed by atoms with Crippen LogP contribution in [-0.2, 0) is 23.1 Å². The molecule has 180 valence electrons. The molecule has 1 aromatic heterocycles. The van der Waals surface area contributed by atoms with E-state index in [4.69, 9.17) is 4.74 Å². The van der Waals surface area contributed by atoms with Crippen LogP contribution in [0.1, 0.15) is 35.2 Å². The van der Waals surface area contributed by atoms with Gasteiger partial charge >= 0.3 is 0 Å². The van der Waals surface area contributed by atoms with Gasteiger partial charge in [-0.15, -0.1) is 0 Å². The molecule has 3 amide bonds. The molecule has 3 heterocycles. The second-order valence-electron chi connectivity index (χ2n) is 8.86. The van der Waals surface area contributed by atoms with E-state index in [2.05, 4.69) is 21.8 Å². The average molecular weight is 466 g/mol. The molecule has 0 radical (unpaired) electrons. The number of fused-ring (bicyclic) bond motifs is 1. The SMILES string of the molecule is Cn1cc(C(=O)N2CCC3(C/C=C/Cc4ccccc4OCC(=O)NCCNC3=O)CC2)cn1. The number of ether oxygens (including phenoxy) is 1. The molecule has 1 fully saturated rings.